The Balaban J connectivity index is 1.74. The Morgan fingerprint density at radius 1 is 1.24 bits per heavy atom. The van der Waals surface area contributed by atoms with Crippen molar-refractivity contribution in [3.05, 3.63) is 46.8 Å². The van der Waals surface area contributed by atoms with Crippen molar-refractivity contribution in [3.8, 4) is 10.6 Å². The van der Waals surface area contributed by atoms with E-state index in [0.717, 1.165) is 5.56 Å². The average Bonchev–Trinajstić information content (AvgIpc) is 3.24. The lowest BCUT2D eigenvalue weighted by Gasteiger charge is -2.05. The van der Waals surface area contributed by atoms with Crippen LogP contribution in [0.5, 0.6) is 0 Å². The minimum Gasteiger partial charge on any atom is -0.350 e. The van der Waals surface area contributed by atoms with Crippen molar-refractivity contribution in [3.63, 3.8) is 0 Å². The first-order chi connectivity index (χ1) is 12.0. The Labute approximate surface area is 151 Å². The van der Waals surface area contributed by atoms with E-state index in [0.29, 0.717) is 10.0 Å². The summed E-state index contributed by atoms with van der Waals surface area (Å²) in [6.45, 7) is 0. The lowest BCUT2D eigenvalue weighted by molar-refractivity contribution is 0.0816. The van der Waals surface area contributed by atoms with E-state index in [1.807, 2.05) is 18.2 Å². The third kappa shape index (κ3) is 3.67. The van der Waals surface area contributed by atoms with E-state index in [9.17, 15) is 9.59 Å². The van der Waals surface area contributed by atoms with Gasteiger partial charge in [0.15, 0.2) is 10.7 Å². The van der Waals surface area contributed by atoms with Crippen LogP contribution >= 0.6 is 22.9 Å². The highest BCUT2D eigenvalue weighted by Crippen LogP contribution is 2.31. The number of carbonyl (C=O) groups is 2. The highest BCUT2D eigenvalue weighted by atomic mass is 35.5. The maximum Gasteiger partial charge on any atom is 0.296 e. The van der Waals surface area contributed by atoms with Crippen LogP contribution in [-0.4, -0.2) is 46.2 Å². The van der Waals surface area contributed by atoms with Crippen LogP contribution in [-0.2, 0) is 0 Å². The molecule has 0 aliphatic rings. The molecule has 0 saturated carbocycles. The summed E-state index contributed by atoms with van der Waals surface area (Å²) in [5.41, 5.74) is 0.768. The Kier molecular flexibility index (Phi) is 4.77. The SMILES string of the molecule is CN(C)C(=O)c1cc(C(=O)Nc2nnc(-c3ccccc3Cl)s2)on1. The van der Waals surface area contributed by atoms with Crippen LogP contribution in [0.25, 0.3) is 10.6 Å². The first-order valence-electron chi connectivity index (χ1n) is 7.04. The number of rotatable bonds is 4. The Morgan fingerprint density at radius 2 is 2.00 bits per heavy atom. The topological polar surface area (TPSA) is 101 Å². The van der Waals surface area contributed by atoms with E-state index in [1.165, 1.54) is 22.3 Å². The van der Waals surface area contributed by atoms with Crippen LogP contribution in [0, 0.1) is 0 Å². The van der Waals surface area contributed by atoms with Gasteiger partial charge >= 0.3 is 0 Å². The fourth-order valence-electron chi connectivity index (χ4n) is 1.89. The van der Waals surface area contributed by atoms with Gasteiger partial charge in [-0.25, -0.2) is 0 Å². The number of hydrogen-bond acceptors (Lipinski definition) is 7. The molecule has 1 N–H and O–H groups in total. The van der Waals surface area contributed by atoms with Gasteiger partial charge in [0.2, 0.25) is 10.9 Å². The molecule has 0 spiro atoms. The molecule has 0 atom stereocenters. The first-order valence-corrected chi connectivity index (χ1v) is 8.23. The number of nitrogens with zero attached hydrogens (tertiary/aromatic N) is 4. The summed E-state index contributed by atoms with van der Waals surface area (Å²) >= 11 is 7.29. The maximum absolute atomic E-state index is 12.2. The van der Waals surface area contributed by atoms with Gasteiger partial charge in [-0.05, 0) is 6.07 Å². The van der Waals surface area contributed by atoms with Crippen LogP contribution in [0.15, 0.2) is 34.9 Å². The molecule has 8 nitrogen and oxygen atoms in total. The normalized spacial score (nSPS) is 10.5. The van der Waals surface area contributed by atoms with Gasteiger partial charge in [-0.3, -0.25) is 14.9 Å². The molecule has 128 valence electrons. The highest BCUT2D eigenvalue weighted by molar-refractivity contribution is 7.18. The molecule has 0 fully saturated rings. The summed E-state index contributed by atoms with van der Waals surface area (Å²) in [6.07, 6.45) is 0. The van der Waals surface area contributed by atoms with E-state index >= 15 is 0 Å². The number of carbonyl (C=O) groups excluding carboxylic acids is 2. The van der Waals surface area contributed by atoms with E-state index in [4.69, 9.17) is 16.1 Å². The summed E-state index contributed by atoms with van der Waals surface area (Å²) in [5, 5.41) is 15.5. The van der Waals surface area contributed by atoms with Crippen molar-refractivity contribution in [2.75, 3.05) is 19.4 Å². The number of nitrogens with one attached hydrogen (secondary N) is 1. The molecule has 2 heterocycles. The van der Waals surface area contributed by atoms with Crippen LogP contribution in [0.1, 0.15) is 21.0 Å². The molecule has 0 saturated heterocycles. The average molecular weight is 378 g/mol. The molecule has 0 radical (unpaired) electrons. The van der Waals surface area contributed by atoms with E-state index in [2.05, 4.69) is 20.7 Å². The standard InChI is InChI=1S/C15H12ClN5O3S/c1-21(2)14(23)10-7-11(24-20-10)12(22)17-15-19-18-13(25-15)8-5-3-4-6-9(8)16/h3-7H,1-2H3,(H,17,19,22). The van der Waals surface area contributed by atoms with Gasteiger partial charge in [-0.15, -0.1) is 10.2 Å². The third-order valence-corrected chi connectivity index (χ3v) is 4.31. The number of anilines is 1. The molecule has 3 aromatic rings. The van der Waals surface area contributed by atoms with Gasteiger partial charge in [0, 0.05) is 25.7 Å². The molecule has 0 bridgehead atoms. The van der Waals surface area contributed by atoms with E-state index in [-0.39, 0.29) is 22.5 Å². The first kappa shape index (κ1) is 17.1. The molecule has 0 unspecified atom stereocenters. The fraction of sp³-hybridized carbons (Fsp3) is 0.133. The smallest absolute Gasteiger partial charge is 0.296 e. The summed E-state index contributed by atoms with van der Waals surface area (Å²) in [4.78, 5) is 25.3. The maximum atomic E-state index is 12.2. The number of amides is 2. The second kappa shape index (κ2) is 6.99. The zero-order chi connectivity index (χ0) is 18.0. The fourth-order valence-corrected chi connectivity index (χ4v) is 2.95. The predicted octanol–water partition coefficient (Wildman–Crippen LogP) is 2.80. The Hall–Kier alpha value is -2.78. The van der Waals surface area contributed by atoms with E-state index in [1.54, 1.807) is 20.2 Å². The molecule has 0 aliphatic heterocycles. The molecule has 10 heteroatoms. The van der Waals surface area contributed by atoms with Gasteiger partial charge in [0.05, 0.1) is 5.02 Å². The van der Waals surface area contributed by atoms with Gasteiger partial charge in [0.1, 0.15) is 0 Å². The summed E-state index contributed by atoms with van der Waals surface area (Å²) in [7, 11) is 3.16. The molecule has 3 rings (SSSR count). The Bertz CT molecular complexity index is 937. The quantitative estimate of drug-likeness (QED) is 0.750. The van der Waals surface area contributed by atoms with Crippen molar-refractivity contribution in [2.24, 2.45) is 0 Å². The molecule has 2 amide bonds. The molecular formula is C15H12ClN5O3S. The molecule has 2 aromatic heterocycles. The van der Waals surface area contributed by atoms with Crippen LogP contribution in [0.2, 0.25) is 5.02 Å². The lowest BCUT2D eigenvalue weighted by Crippen LogP contribution is -2.21. The number of aromatic nitrogens is 3. The molecule has 25 heavy (non-hydrogen) atoms. The van der Waals surface area contributed by atoms with Crippen molar-refractivity contribution < 1.29 is 14.1 Å². The number of benzene rings is 1. The zero-order valence-electron chi connectivity index (χ0n) is 13.2. The number of hydrogen-bond donors (Lipinski definition) is 1. The van der Waals surface area contributed by atoms with Gasteiger partial charge < -0.3 is 9.42 Å². The predicted molar refractivity (Wildman–Crippen MR) is 92.8 cm³/mol. The van der Waals surface area contributed by atoms with Crippen molar-refractivity contribution >= 4 is 39.9 Å². The van der Waals surface area contributed by atoms with Crippen molar-refractivity contribution in [1.82, 2.24) is 20.3 Å². The van der Waals surface area contributed by atoms with Crippen molar-refractivity contribution in [2.45, 2.75) is 0 Å². The second-order valence-corrected chi connectivity index (χ2v) is 6.51. The molecule has 0 aliphatic carbocycles. The zero-order valence-corrected chi connectivity index (χ0v) is 14.8. The minimum absolute atomic E-state index is 0.0455. The highest BCUT2D eigenvalue weighted by Gasteiger charge is 2.20. The van der Waals surface area contributed by atoms with Crippen molar-refractivity contribution in [1.29, 1.82) is 0 Å². The van der Waals surface area contributed by atoms with Gasteiger partial charge in [-0.2, -0.15) is 0 Å². The summed E-state index contributed by atoms with van der Waals surface area (Å²) in [5.74, 6) is -1.04. The molecular weight excluding hydrogens is 366 g/mol. The Morgan fingerprint density at radius 3 is 2.72 bits per heavy atom. The summed E-state index contributed by atoms with van der Waals surface area (Å²) < 4.78 is 4.91. The van der Waals surface area contributed by atoms with Crippen LogP contribution in [0.4, 0.5) is 5.13 Å². The van der Waals surface area contributed by atoms with Crippen LogP contribution in [0.3, 0.4) is 0 Å². The monoisotopic (exact) mass is 377 g/mol. The van der Waals surface area contributed by atoms with E-state index < -0.39 is 5.91 Å². The molecule has 1 aromatic carbocycles. The second-order valence-electron chi connectivity index (χ2n) is 5.12. The summed E-state index contributed by atoms with van der Waals surface area (Å²) in [6, 6.07) is 8.47. The largest absolute Gasteiger partial charge is 0.350 e. The third-order valence-electron chi connectivity index (χ3n) is 3.11. The van der Waals surface area contributed by atoms with Gasteiger partial charge in [0.25, 0.3) is 11.8 Å². The lowest BCUT2D eigenvalue weighted by atomic mass is 10.2. The van der Waals surface area contributed by atoms with Gasteiger partial charge in [-0.1, -0.05) is 46.3 Å². The minimum atomic E-state index is -0.577. The number of halogens is 1. The van der Waals surface area contributed by atoms with Crippen LogP contribution < -0.4 is 5.32 Å².